The van der Waals surface area contributed by atoms with Crippen LogP contribution in [0, 0.1) is 50.4 Å². The lowest BCUT2D eigenvalue weighted by molar-refractivity contribution is -0.137. The Morgan fingerprint density at radius 1 is 0.419 bits per heavy atom. The summed E-state index contributed by atoms with van der Waals surface area (Å²) in [6.07, 6.45) is -4.81. The lowest BCUT2D eigenvalue weighted by Crippen LogP contribution is -2.10. The average Bonchev–Trinajstić information content (AvgIpc) is 3.76. The number of hydrogen-bond acceptors (Lipinski definition) is 2. The second kappa shape index (κ2) is 14.4. The summed E-state index contributed by atoms with van der Waals surface area (Å²) < 4.78 is 50.1. The molecule has 2 aromatic heterocycles. The van der Waals surface area contributed by atoms with Crippen LogP contribution in [-0.2, 0) is 6.18 Å². The van der Waals surface area contributed by atoms with Gasteiger partial charge in [-0.1, -0.05) is 125 Å². The summed E-state index contributed by atoms with van der Waals surface area (Å²) in [5, 5.41) is 24.7. The lowest BCUT2D eigenvalue weighted by atomic mass is 9.93. The molecule has 0 saturated heterocycles. The van der Waals surface area contributed by atoms with Gasteiger partial charge in [0.15, 0.2) is 0 Å². The normalized spacial score (nSPS) is 11.8. The zero-order valence-corrected chi connectivity index (χ0v) is 34.4. The number of halogens is 3. The van der Waals surface area contributed by atoms with Gasteiger partial charge in [0.1, 0.15) is 6.07 Å². The Balaban J connectivity index is 1.34. The van der Waals surface area contributed by atoms with Crippen LogP contribution in [0.4, 0.5) is 13.2 Å². The number of hydrogen-bond donors (Lipinski definition) is 0. The zero-order valence-electron chi connectivity index (χ0n) is 34.4. The lowest BCUT2D eigenvalue weighted by Gasteiger charge is -2.21. The molecule has 7 heteroatoms. The number of aromatic nitrogens is 2. The van der Waals surface area contributed by atoms with E-state index < -0.39 is 11.7 Å². The van der Waals surface area contributed by atoms with Crippen molar-refractivity contribution in [1.82, 2.24) is 9.13 Å². The van der Waals surface area contributed by atoms with Gasteiger partial charge in [-0.05, 0) is 104 Å². The maximum absolute atomic E-state index is 15.4. The van der Waals surface area contributed by atoms with Crippen LogP contribution in [0.1, 0.15) is 38.9 Å². The van der Waals surface area contributed by atoms with Crippen LogP contribution in [0.3, 0.4) is 0 Å². The molecule has 0 amide bonds. The molecule has 0 spiro atoms. The van der Waals surface area contributed by atoms with Crippen LogP contribution in [0.15, 0.2) is 152 Å². The van der Waals surface area contributed by atoms with Crippen molar-refractivity contribution < 1.29 is 13.2 Å². The van der Waals surface area contributed by atoms with Crippen LogP contribution in [0.2, 0.25) is 0 Å². The topological polar surface area (TPSA) is 57.4 Å². The van der Waals surface area contributed by atoms with Crippen molar-refractivity contribution in [2.24, 2.45) is 0 Å². The van der Waals surface area contributed by atoms with Gasteiger partial charge in [-0.25, -0.2) is 0 Å². The van der Waals surface area contributed by atoms with Crippen LogP contribution in [0.25, 0.3) is 88.4 Å². The van der Waals surface area contributed by atoms with E-state index in [4.69, 9.17) is 0 Å². The Kier molecular flexibility index (Phi) is 8.91. The minimum absolute atomic E-state index is 0.104. The van der Waals surface area contributed by atoms with Crippen molar-refractivity contribution >= 4 is 43.6 Å². The molecule has 0 saturated carbocycles. The highest BCUT2D eigenvalue weighted by molar-refractivity contribution is 6.12. The molecule has 10 rings (SSSR count). The third kappa shape index (κ3) is 6.30. The van der Waals surface area contributed by atoms with Gasteiger partial charge >= 0.3 is 6.18 Å². The van der Waals surface area contributed by atoms with Crippen molar-refractivity contribution in [3.63, 3.8) is 0 Å². The van der Waals surface area contributed by atoms with Gasteiger partial charge < -0.3 is 9.13 Å². The van der Waals surface area contributed by atoms with Crippen LogP contribution in [-0.4, -0.2) is 9.13 Å². The van der Waals surface area contributed by atoms with E-state index >= 15 is 13.2 Å². The fraction of sp³-hybridized carbons (Fsp3) is 0.0909. The van der Waals surface area contributed by atoms with Crippen molar-refractivity contribution in [3.05, 3.63) is 191 Å². The largest absolute Gasteiger partial charge is 0.417 e. The molecule has 62 heavy (non-hydrogen) atoms. The molecule has 10 aromatic rings. The van der Waals surface area contributed by atoms with E-state index in [2.05, 4.69) is 107 Å². The van der Waals surface area contributed by atoms with Crippen LogP contribution >= 0.6 is 0 Å². The highest BCUT2D eigenvalue weighted by atomic mass is 19.4. The second-order valence-electron chi connectivity index (χ2n) is 16.3. The van der Waals surface area contributed by atoms with Crippen LogP contribution in [0.5, 0.6) is 0 Å². The number of aryl methyl sites for hydroxylation is 4. The Morgan fingerprint density at radius 3 is 1.39 bits per heavy atom. The van der Waals surface area contributed by atoms with Gasteiger partial charge in [0, 0.05) is 27.1 Å². The smallest absolute Gasteiger partial charge is 0.309 e. The second-order valence-corrected chi connectivity index (χ2v) is 16.3. The summed E-state index contributed by atoms with van der Waals surface area (Å²) in [6.45, 7) is 8.24. The zero-order chi connectivity index (χ0) is 43.0. The Labute approximate surface area is 356 Å². The van der Waals surface area contributed by atoms with Gasteiger partial charge in [0.05, 0.1) is 56.2 Å². The first-order chi connectivity index (χ1) is 29.9. The summed E-state index contributed by atoms with van der Waals surface area (Å²) in [5.41, 5.74) is 11.9. The molecule has 0 radical (unpaired) electrons. The number of para-hydroxylation sites is 2. The van der Waals surface area contributed by atoms with E-state index in [9.17, 15) is 10.5 Å². The molecule has 0 aliphatic rings. The molecule has 8 aromatic carbocycles. The van der Waals surface area contributed by atoms with Gasteiger partial charge in [-0.2, -0.15) is 23.7 Å². The Morgan fingerprint density at radius 2 is 0.903 bits per heavy atom. The molecule has 0 N–H and O–H groups in total. The standard InChI is InChI=1S/C55H37F3N4/c1-32-19-33(2)22-39(21-32)37-14-17-45-43-9-5-7-11-49(43)61(52(45)26-37)51-29-47(42-16-13-36(30-59)25-48(42)55(56,57)58)54(28-41(51)31-60)62-50-12-8-6-10-44(50)46-18-15-38(27-53(46)62)40-23-34(3)20-35(4)24-40/h5-29H,1-4H3. The van der Waals surface area contributed by atoms with E-state index in [1.54, 1.807) is 12.1 Å². The first-order valence-electron chi connectivity index (χ1n) is 20.3. The minimum Gasteiger partial charge on any atom is -0.309 e. The molecule has 0 aliphatic carbocycles. The van der Waals surface area contributed by atoms with E-state index in [0.717, 1.165) is 94.2 Å². The van der Waals surface area contributed by atoms with E-state index in [1.165, 1.54) is 12.1 Å². The highest BCUT2D eigenvalue weighted by Gasteiger charge is 2.35. The summed E-state index contributed by atoms with van der Waals surface area (Å²) >= 11 is 0. The molecule has 0 bridgehead atoms. The molecular weight excluding hydrogens is 774 g/mol. The predicted octanol–water partition coefficient (Wildman–Crippen LogP) is 14.9. The van der Waals surface area contributed by atoms with Crippen molar-refractivity contribution in [2.45, 2.75) is 33.9 Å². The molecule has 4 nitrogen and oxygen atoms in total. The quantitative estimate of drug-likeness (QED) is 0.174. The van der Waals surface area contributed by atoms with Crippen molar-refractivity contribution in [3.8, 4) is 56.9 Å². The molecule has 0 fully saturated rings. The van der Waals surface area contributed by atoms with Crippen molar-refractivity contribution in [1.29, 1.82) is 10.5 Å². The molecule has 0 aliphatic heterocycles. The molecule has 0 unspecified atom stereocenters. The fourth-order valence-electron chi connectivity index (χ4n) is 9.44. The van der Waals surface area contributed by atoms with Gasteiger partial charge in [0.2, 0.25) is 0 Å². The average molecular weight is 811 g/mol. The highest BCUT2D eigenvalue weighted by Crippen LogP contribution is 2.45. The van der Waals surface area contributed by atoms with E-state index in [-0.39, 0.29) is 22.3 Å². The number of alkyl halides is 3. The summed E-state index contributed by atoms with van der Waals surface area (Å²) in [5.74, 6) is 0. The number of benzene rings is 8. The SMILES string of the molecule is Cc1cc(C)cc(-c2ccc3c4ccccc4n(-c4cc(-c5ccc(C#N)cc5C(F)(F)F)c(-n5c6ccccc6c6ccc(-c7cc(C)cc(C)c7)cc65)cc4C#N)c3c2)c1. The number of fused-ring (bicyclic) bond motifs is 6. The molecule has 298 valence electrons. The molecule has 2 heterocycles. The summed E-state index contributed by atoms with van der Waals surface area (Å²) in [7, 11) is 0. The van der Waals surface area contributed by atoms with Gasteiger partial charge in [-0.3, -0.25) is 0 Å². The maximum Gasteiger partial charge on any atom is 0.417 e. The summed E-state index contributed by atoms with van der Waals surface area (Å²) in [4.78, 5) is 0. The van der Waals surface area contributed by atoms with Gasteiger partial charge in [0.25, 0.3) is 0 Å². The number of nitriles is 2. The Bertz CT molecular complexity index is 3550. The summed E-state index contributed by atoms with van der Waals surface area (Å²) in [6, 6.07) is 52.5. The number of nitrogens with zero attached hydrogens (tertiary/aromatic N) is 4. The molecular formula is C55H37F3N4. The maximum atomic E-state index is 15.4. The monoisotopic (exact) mass is 810 g/mol. The van der Waals surface area contributed by atoms with E-state index in [1.807, 2.05) is 63.7 Å². The van der Waals surface area contributed by atoms with Crippen LogP contribution < -0.4 is 0 Å². The number of rotatable bonds is 5. The van der Waals surface area contributed by atoms with E-state index in [0.29, 0.717) is 11.4 Å². The third-order valence-corrected chi connectivity index (χ3v) is 11.9. The van der Waals surface area contributed by atoms with Crippen molar-refractivity contribution in [2.75, 3.05) is 0 Å². The Hall–Kier alpha value is -7.87. The first kappa shape index (κ1) is 38.3. The minimum atomic E-state index is -4.81. The fourth-order valence-corrected chi connectivity index (χ4v) is 9.44. The third-order valence-electron chi connectivity index (χ3n) is 11.9. The van der Waals surface area contributed by atoms with Gasteiger partial charge in [-0.15, -0.1) is 0 Å². The molecule has 0 atom stereocenters. The predicted molar refractivity (Wildman–Crippen MR) is 245 cm³/mol. The first-order valence-corrected chi connectivity index (χ1v) is 20.3.